The Morgan fingerprint density at radius 3 is 2.64 bits per heavy atom. The SMILES string of the molecule is OCC1OCC(O)=C(O)[C@H]1O. The third-order valence-electron chi connectivity index (χ3n) is 1.54. The molecule has 4 N–H and O–H groups in total. The lowest BCUT2D eigenvalue weighted by molar-refractivity contribution is -0.0816. The van der Waals surface area contributed by atoms with Crippen molar-refractivity contribution in [3.63, 3.8) is 0 Å². The van der Waals surface area contributed by atoms with Crippen LogP contribution < -0.4 is 0 Å². The van der Waals surface area contributed by atoms with Crippen LogP contribution in [0, 0.1) is 0 Å². The highest BCUT2D eigenvalue weighted by atomic mass is 16.5. The van der Waals surface area contributed by atoms with Crippen molar-refractivity contribution in [3.8, 4) is 0 Å². The molecule has 11 heavy (non-hydrogen) atoms. The van der Waals surface area contributed by atoms with Crippen LogP contribution in [0.5, 0.6) is 0 Å². The van der Waals surface area contributed by atoms with Crippen molar-refractivity contribution in [1.82, 2.24) is 0 Å². The molecule has 1 aliphatic rings. The van der Waals surface area contributed by atoms with Crippen molar-refractivity contribution in [2.45, 2.75) is 12.2 Å². The third kappa shape index (κ3) is 1.45. The molecule has 5 heteroatoms. The molecule has 5 nitrogen and oxygen atoms in total. The Labute approximate surface area is 63.2 Å². The van der Waals surface area contributed by atoms with Gasteiger partial charge in [0.05, 0.1) is 6.61 Å². The smallest absolute Gasteiger partial charge is 0.164 e. The molecular formula is C6H10O5. The molecule has 0 bridgehead atoms. The van der Waals surface area contributed by atoms with Crippen molar-refractivity contribution >= 4 is 0 Å². The van der Waals surface area contributed by atoms with Crippen LogP contribution in [0.25, 0.3) is 0 Å². The summed E-state index contributed by atoms with van der Waals surface area (Å²) in [5.74, 6) is -0.905. The first-order chi connectivity index (χ1) is 5.16. The molecule has 1 heterocycles. The first-order valence-electron chi connectivity index (χ1n) is 3.18. The molecule has 0 aromatic heterocycles. The molecule has 1 rings (SSSR count). The van der Waals surface area contributed by atoms with Crippen LogP contribution in [-0.2, 0) is 4.74 Å². The zero-order chi connectivity index (χ0) is 8.43. The third-order valence-corrected chi connectivity index (χ3v) is 1.54. The van der Waals surface area contributed by atoms with Gasteiger partial charge in [-0.3, -0.25) is 0 Å². The highest BCUT2D eigenvalue weighted by Crippen LogP contribution is 2.16. The highest BCUT2D eigenvalue weighted by Gasteiger charge is 2.30. The molecule has 0 saturated heterocycles. The van der Waals surface area contributed by atoms with Gasteiger partial charge in [-0.25, -0.2) is 0 Å². The summed E-state index contributed by atoms with van der Waals surface area (Å²) in [7, 11) is 0. The van der Waals surface area contributed by atoms with Gasteiger partial charge in [-0.05, 0) is 0 Å². The van der Waals surface area contributed by atoms with Crippen molar-refractivity contribution in [1.29, 1.82) is 0 Å². The molecule has 64 valence electrons. The Kier molecular flexibility index (Phi) is 2.33. The Balaban J connectivity index is 2.73. The normalized spacial score (nSPS) is 32.5. The lowest BCUT2D eigenvalue weighted by Gasteiger charge is -2.25. The zero-order valence-electron chi connectivity index (χ0n) is 5.77. The van der Waals surface area contributed by atoms with Gasteiger partial charge in [-0.15, -0.1) is 0 Å². The number of ether oxygens (including phenoxy) is 1. The zero-order valence-corrected chi connectivity index (χ0v) is 5.77. The summed E-state index contributed by atoms with van der Waals surface area (Å²) in [6, 6.07) is 0. The molecule has 0 fully saturated rings. The number of hydrogen-bond acceptors (Lipinski definition) is 5. The Hall–Kier alpha value is -0.780. The molecule has 0 aliphatic carbocycles. The highest BCUT2D eigenvalue weighted by molar-refractivity contribution is 5.09. The van der Waals surface area contributed by atoms with Crippen LogP contribution in [0.15, 0.2) is 11.5 Å². The minimum atomic E-state index is -1.33. The van der Waals surface area contributed by atoms with E-state index in [4.69, 9.17) is 25.2 Å². The quantitative estimate of drug-likeness (QED) is 0.400. The van der Waals surface area contributed by atoms with Gasteiger partial charge in [0.2, 0.25) is 0 Å². The van der Waals surface area contributed by atoms with Crippen LogP contribution in [-0.4, -0.2) is 45.8 Å². The van der Waals surface area contributed by atoms with Crippen LogP contribution in [0.1, 0.15) is 0 Å². The lowest BCUT2D eigenvalue weighted by Crippen LogP contribution is -2.39. The Morgan fingerprint density at radius 1 is 1.45 bits per heavy atom. The predicted molar refractivity (Wildman–Crippen MR) is 35.1 cm³/mol. The van der Waals surface area contributed by atoms with Gasteiger partial charge in [0.15, 0.2) is 11.5 Å². The minimum Gasteiger partial charge on any atom is -0.506 e. The second kappa shape index (κ2) is 3.08. The van der Waals surface area contributed by atoms with Gasteiger partial charge in [-0.1, -0.05) is 0 Å². The van der Waals surface area contributed by atoms with Crippen LogP contribution in [0.3, 0.4) is 0 Å². The first-order valence-corrected chi connectivity index (χ1v) is 3.18. The Bertz CT molecular complexity index is 176. The van der Waals surface area contributed by atoms with E-state index in [0.717, 1.165) is 0 Å². The maximum absolute atomic E-state index is 9.06. The van der Waals surface area contributed by atoms with E-state index in [1.54, 1.807) is 0 Å². The predicted octanol–water partition coefficient (Wildman–Crippen LogP) is -0.934. The monoisotopic (exact) mass is 162 g/mol. The van der Waals surface area contributed by atoms with E-state index in [9.17, 15) is 0 Å². The Morgan fingerprint density at radius 2 is 2.09 bits per heavy atom. The molecule has 0 amide bonds. The van der Waals surface area contributed by atoms with Crippen LogP contribution in [0.2, 0.25) is 0 Å². The average molecular weight is 162 g/mol. The van der Waals surface area contributed by atoms with Crippen molar-refractivity contribution in [2.24, 2.45) is 0 Å². The number of aliphatic hydroxyl groups excluding tert-OH is 4. The first kappa shape index (κ1) is 8.32. The summed E-state index contributed by atoms with van der Waals surface area (Å²) in [5, 5.41) is 35.4. The summed E-state index contributed by atoms with van der Waals surface area (Å²) < 4.78 is 4.75. The van der Waals surface area contributed by atoms with Gasteiger partial charge < -0.3 is 25.2 Å². The second-order valence-corrected chi connectivity index (χ2v) is 2.31. The van der Waals surface area contributed by atoms with Gasteiger partial charge in [0.25, 0.3) is 0 Å². The number of rotatable bonds is 1. The maximum Gasteiger partial charge on any atom is 0.164 e. The fourth-order valence-electron chi connectivity index (χ4n) is 0.850. The van der Waals surface area contributed by atoms with E-state index in [-0.39, 0.29) is 12.4 Å². The van der Waals surface area contributed by atoms with E-state index < -0.39 is 24.6 Å². The van der Waals surface area contributed by atoms with Gasteiger partial charge >= 0.3 is 0 Å². The van der Waals surface area contributed by atoms with E-state index in [1.165, 1.54) is 0 Å². The fourth-order valence-corrected chi connectivity index (χ4v) is 0.850. The molecule has 0 aromatic rings. The fraction of sp³-hybridized carbons (Fsp3) is 0.667. The van der Waals surface area contributed by atoms with Gasteiger partial charge in [-0.2, -0.15) is 0 Å². The van der Waals surface area contributed by atoms with E-state index in [1.807, 2.05) is 0 Å². The summed E-state index contributed by atoms with van der Waals surface area (Å²) in [6.45, 7) is -0.563. The van der Waals surface area contributed by atoms with Crippen molar-refractivity contribution < 1.29 is 25.2 Å². The van der Waals surface area contributed by atoms with Crippen molar-refractivity contribution in [3.05, 3.63) is 11.5 Å². The van der Waals surface area contributed by atoms with E-state index in [2.05, 4.69) is 0 Å². The van der Waals surface area contributed by atoms with Crippen LogP contribution in [0.4, 0.5) is 0 Å². The second-order valence-electron chi connectivity index (χ2n) is 2.31. The van der Waals surface area contributed by atoms with E-state index >= 15 is 0 Å². The molecule has 1 aliphatic heterocycles. The molecular weight excluding hydrogens is 152 g/mol. The standard InChI is InChI=1S/C6H10O5/c7-1-4-6(10)5(9)3(8)2-11-4/h4,6-10H,1-2H2/t4?,6-/m0/s1. The minimum absolute atomic E-state index is 0.172. The summed E-state index contributed by atoms with van der Waals surface area (Å²) in [4.78, 5) is 0. The average Bonchev–Trinajstić information content (AvgIpc) is 2.01. The van der Waals surface area contributed by atoms with E-state index in [0.29, 0.717) is 0 Å². The van der Waals surface area contributed by atoms with Crippen LogP contribution >= 0.6 is 0 Å². The molecule has 0 radical (unpaired) electrons. The maximum atomic E-state index is 9.06. The molecule has 1 unspecified atom stereocenters. The summed E-state index contributed by atoms with van der Waals surface area (Å²) >= 11 is 0. The number of hydrogen-bond donors (Lipinski definition) is 4. The van der Waals surface area contributed by atoms with Crippen molar-refractivity contribution in [2.75, 3.05) is 13.2 Å². The molecule has 0 aromatic carbocycles. The van der Waals surface area contributed by atoms with Gasteiger partial charge in [0.1, 0.15) is 18.8 Å². The largest absolute Gasteiger partial charge is 0.506 e. The number of aliphatic hydroxyl groups is 4. The lowest BCUT2D eigenvalue weighted by atomic mass is 10.1. The summed E-state index contributed by atoms with van der Waals surface area (Å²) in [6.07, 6.45) is -2.17. The molecule has 0 spiro atoms. The topological polar surface area (TPSA) is 90.2 Å². The summed E-state index contributed by atoms with van der Waals surface area (Å²) in [5.41, 5.74) is 0. The molecule has 0 saturated carbocycles. The molecule has 2 atom stereocenters. The van der Waals surface area contributed by atoms with Gasteiger partial charge in [0, 0.05) is 0 Å².